The van der Waals surface area contributed by atoms with E-state index in [4.69, 9.17) is 11.6 Å². The summed E-state index contributed by atoms with van der Waals surface area (Å²) in [5, 5.41) is 2.72. The molecule has 8 nitrogen and oxygen atoms in total. The van der Waals surface area contributed by atoms with Crippen LogP contribution in [0.2, 0.25) is 5.02 Å². The molecular weight excluding hydrogens is 476 g/mol. The Balaban J connectivity index is 1.76. The maximum atomic E-state index is 15.7. The summed E-state index contributed by atoms with van der Waals surface area (Å²) in [6.07, 6.45) is 3.60. The number of aromatic nitrogens is 3. The van der Waals surface area contributed by atoms with Gasteiger partial charge in [0.2, 0.25) is 0 Å². The Morgan fingerprint density at radius 3 is 2.79 bits per heavy atom. The van der Waals surface area contributed by atoms with Gasteiger partial charge in [-0.25, -0.2) is 22.3 Å². The number of nitrogens with zero attached hydrogens (tertiary/aromatic N) is 4. The summed E-state index contributed by atoms with van der Waals surface area (Å²) in [7, 11) is 1.50. The van der Waals surface area contributed by atoms with Gasteiger partial charge in [0.05, 0.1) is 34.1 Å². The highest BCUT2D eigenvalue weighted by Crippen LogP contribution is 2.39. The first kappa shape index (κ1) is 23.3. The molecule has 12 heteroatoms. The van der Waals surface area contributed by atoms with E-state index in [-0.39, 0.29) is 40.1 Å². The second-order valence-corrected chi connectivity index (χ2v) is 8.85. The van der Waals surface area contributed by atoms with E-state index in [1.54, 1.807) is 11.5 Å². The largest absolute Gasteiger partial charge is 0.354 e. The van der Waals surface area contributed by atoms with Gasteiger partial charge in [-0.1, -0.05) is 11.6 Å². The minimum absolute atomic E-state index is 0.121. The Morgan fingerprint density at radius 1 is 1.33 bits per heavy atom. The number of nitrogens with one attached hydrogen (secondary N) is 1. The average molecular weight is 496 g/mol. The zero-order valence-corrected chi connectivity index (χ0v) is 19.3. The molecule has 3 heterocycles. The van der Waals surface area contributed by atoms with Crippen molar-refractivity contribution < 1.29 is 22.3 Å². The number of rotatable bonds is 5. The van der Waals surface area contributed by atoms with E-state index in [0.717, 1.165) is 16.4 Å². The van der Waals surface area contributed by atoms with Gasteiger partial charge in [-0.15, -0.1) is 0 Å². The Hall–Kier alpha value is -2.89. The van der Waals surface area contributed by atoms with Crippen molar-refractivity contribution in [3.63, 3.8) is 0 Å². The van der Waals surface area contributed by atoms with Crippen molar-refractivity contribution in [1.29, 1.82) is 0 Å². The van der Waals surface area contributed by atoms with Gasteiger partial charge in [0, 0.05) is 31.3 Å². The second-order valence-electron chi connectivity index (χ2n) is 7.58. The summed E-state index contributed by atoms with van der Waals surface area (Å²) in [5.41, 5.74) is 0.973. The van der Waals surface area contributed by atoms with Crippen LogP contribution in [-0.2, 0) is 24.2 Å². The lowest BCUT2D eigenvalue weighted by Crippen LogP contribution is -2.26. The normalized spacial score (nSPS) is 16.2. The number of amides is 1. The molecule has 0 bridgehead atoms. The third kappa shape index (κ3) is 4.23. The number of carbonyl (C=O) groups excluding carboxylic acids is 1. The summed E-state index contributed by atoms with van der Waals surface area (Å²) in [4.78, 5) is 20.2. The molecule has 0 spiro atoms. The molecule has 1 unspecified atom stereocenters. The van der Waals surface area contributed by atoms with Crippen molar-refractivity contribution in [3.8, 4) is 0 Å². The molecule has 2 aromatic heterocycles. The number of imidazole rings is 1. The molecule has 4 rings (SSSR count). The van der Waals surface area contributed by atoms with Crippen molar-refractivity contribution in [2.45, 2.75) is 32.2 Å². The van der Waals surface area contributed by atoms with Crippen LogP contribution in [0.1, 0.15) is 39.8 Å². The van der Waals surface area contributed by atoms with Crippen molar-refractivity contribution in [2.24, 2.45) is 0 Å². The molecule has 33 heavy (non-hydrogen) atoms. The summed E-state index contributed by atoms with van der Waals surface area (Å²) < 4.78 is 55.3. The van der Waals surface area contributed by atoms with E-state index in [1.807, 2.05) is 0 Å². The van der Waals surface area contributed by atoms with Crippen LogP contribution in [0.25, 0.3) is 0 Å². The predicted molar refractivity (Wildman–Crippen MR) is 120 cm³/mol. The van der Waals surface area contributed by atoms with Gasteiger partial charge in [-0.3, -0.25) is 14.3 Å². The predicted octanol–water partition coefficient (Wildman–Crippen LogP) is 3.88. The lowest BCUT2D eigenvalue weighted by molar-refractivity contribution is 0.0957. The van der Waals surface area contributed by atoms with Crippen LogP contribution in [0.5, 0.6) is 0 Å². The third-order valence-corrected chi connectivity index (χ3v) is 6.58. The number of pyridine rings is 1. The van der Waals surface area contributed by atoms with E-state index in [0.29, 0.717) is 24.2 Å². The number of hydrogen-bond acceptors (Lipinski definition) is 4. The maximum Gasteiger partial charge on any atom is 0.271 e. The lowest BCUT2D eigenvalue weighted by Gasteiger charge is -2.28. The van der Waals surface area contributed by atoms with Gasteiger partial charge in [0.15, 0.2) is 5.82 Å². The first-order valence-electron chi connectivity index (χ1n) is 10.00. The summed E-state index contributed by atoms with van der Waals surface area (Å²) in [6, 6.07) is 3.57. The zero-order chi connectivity index (χ0) is 23.9. The van der Waals surface area contributed by atoms with E-state index in [9.17, 15) is 17.9 Å². The number of carbonyl (C=O) groups is 1. The molecule has 0 aliphatic carbocycles. The van der Waals surface area contributed by atoms with E-state index in [2.05, 4.69) is 15.3 Å². The van der Waals surface area contributed by atoms with Crippen LogP contribution in [0.4, 0.5) is 20.2 Å². The fourth-order valence-corrected chi connectivity index (χ4v) is 4.91. The molecule has 0 radical (unpaired) electrons. The minimum atomic E-state index is -2.68. The monoisotopic (exact) mass is 495 g/mol. The number of hydrogen-bond donors (Lipinski definition) is 2. The second kappa shape index (κ2) is 9.16. The number of fused-ring (bicyclic) bond motifs is 1. The number of anilines is 2. The van der Waals surface area contributed by atoms with Crippen LogP contribution in [0.3, 0.4) is 0 Å². The average Bonchev–Trinajstić information content (AvgIpc) is 3.20. The first-order chi connectivity index (χ1) is 15.7. The van der Waals surface area contributed by atoms with Gasteiger partial charge < -0.3 is 9.88 Å². The number of aryl methyl sites for hydroxylation is 1. The molecule has 0 fully saturated rings. The van der Waals surface area contributed by atoms with Crippen molar-refractivity contribution >= 4 is 40.1 Å². The van der Waals surface area contributed by atoms with Crippen molar-refractivity contribution in [2.75, 3.05) is 11.4 Å². The van der Waals surface area contributed by atoms with Gasteiger partial charge in [0.1, 0.15) is 11.5 Å². The SMILES string of the molecule is CNC(=O)c1ncn2c1CC[C@@H](c1c(F)ccc(N(c3cc(Cl)cnc3C)S(=O)O)c1F)C2. The van der Waals surface area contributed by atoms with Gasteiger partial charge >= 0.3 is 0 Å². The first-order valence-corrected chi connectivity index (χ1v) is 11.4. The molecule has 1 aliphatic heterocycles. The molecule has 0 saturated carbocycles. The Bertz CT molecular complexity index is 1270. The Morgan fingerprint density at radius 2 is 2.09 bits per heavy atom. The third-order valence-electron chi connectivity index (χ3n) is 5.67. The standard InChI is InChI=1S/C21H20ClF2N5O3S/c1-11-17(7-13(22)8-26-11)29(33(31)32)15-6-4-14(23)18(19(15)24)12-3-5-16-20(21(30)25-2)27-10-28(16)9-12/h4,6-8,10,12H,3,5,9H2,1-2H3,(H,25,30)(H,31,32)/t12-/m1/s1. The molecule has 1 aliphatic rings. The Labute approximate surface area is 196 Å². The fraction of sp³-hybridized carbons (Fsp3) is 0.286. The van der Waals surface area contributed by atoms with Crippen molar-refractivity contribution in [1.82, 2.24) is 19.9 Å². The number of benzene rings is 1. The fourth-order valence-electron chi connectivity index (χ4n) is 4.10. The van der Waals surface area contributed by atoms with Crippen LogP contribution in [0.15, 0.2) is 30.7 Å². The van der Waals surface area contributed by atoms with Gasteiger partial charge in [-0.05, 0) is 38.0 Å². The molecule has 1 amide bonds. The highest BCUT2D eigenvalue weighted by Gasteiger charge is 2.32. The molecule has 3 aromatic rings. The summed E-state index contributed by atoms with van der Waals surface area (Å²) in [6.45, 7) is 1.79. The van der Waals surface area contributed by atoms with E-state index < -0.39 is 28.8 Å². The van der Waals surface area contributed by atoms with Crippen molar-refractivity contribution in [3.05, 3.63) is 70.0 Å². The quantitative estimate of drug-likeness (QED) is 0.523. The summed E-state index contributed by atoms with van der Waals surface area (Å²) >= 11 is 3.31. The maximum absolute atomic E-state index is 15.7. The molecule has 174 valence electrons. The molecule has 2 N–H and O–H groups in total. The van der Waals surface area contributed by atoms with Crippen LogP contribution in [0, 0.1) is 18.6 Å². The topological polar surface area (TPSA) is 100 Å². The van der Waals surface area contributed by atoms with Gasteiger partial charge in [0.25, 0.3) is 17.2 Å². The lowest BCUT2D eigenvalue weighted by atomic mass is 9.89. The van der Waals surface area contributed by atoms with Crippen LogP contribution < -0.4 is 9.62 Å². The smallest absolute Gasteiger partial charge is 0.271 e. The zero-order valence-electron chi connectivity index (χ0n) is 17.7. The highest BCUT2D eigenvalue weighted by atomic mass is 35.5. The molecule has 0 saturated heterocycles. The molecule has 2 atom stereocenters. The van der Waals surface area contributed by atoms with Crippen LogP contribution >= 0.6 is 11.6 Å². The molecular formula is C21H20ClF2N5O3S. The highest BCUT2D eigenvalue weighted by molar-refractivity contribution is 7.81. The van der Waals surface area contributed by atoms with E-state index in [1.165, 1.54) is 25.6 Å². The molecule has 1 aromatic carbocycles. The summed E-state index contributed by atoms with van der Waals surface area (Å²) in [5.74, 6) is -2.61. The Kier molecular flexibility index (Phi) is 6.46. The van der Waals surface area contributed by atoms with Crippen LogP contribution in [-0.4, -0.2) is 36.3 Å². The number of halogens is 3. The van der Waals surface area contributed by atoms with E-state index >= 15 is 4.39 Å². The van der Waals surface area contributed by atoms with Gasteiger partial charge in [-0.2, -0.15) is 0 Å². The minimum Gasteiger partial charge on any atom is -0.354 e.